The Kier molecular flexibility index (Phi) is 5.23. The van der Waals surface area contributed by atoms with Crippen molar-refractivity contribution >= 4 is 33.2 Å². The van der Waals surface area contributed by atoms with Crippen molar-refractivity contribution in [2.75, 3.05) is 5.32 Å². The minimum atomic E-state index is -4.46. The number of hydrogen-bond acceptors (Lipinski definition) is 7. The van der Waals surface area contributed by atoms with E-state index in [9.17, 15) is 28.4 Å². The van der Waals surface area contributed by atoms with Crippen molar-refractivity contribution < 1.29 is 23.2 Å². The predicted molar refractivity (Wildman–Crippen MR) is 93.1 cm³/mol. The van der Waals surface area contributed by atoms with Gasteiger partial charge < -0.3 is 10.4 Å². The van der Waals surface area contributed by atoms with Crippen LogP contribution < -0.4 is 10.5 Å². The van der Waals surface area contributed by atoms with Crippen LogP contribution in [0, 0.1) is 17.0 Å². The number of aromatic carboxylic acids is 1. The number of carbonyl (C=O) groups is 1. The fourth-order valence-corrected chi connectivity index (χ4v) is 3.24. The molecular formula is C15H16N4O6S. The minimum absolute atomic E-state index is 0.00122. The Morgan fingerprint density at radius 1 is 1.42 bits per heavy atom. The van der Waals surface area contributed by atoms with E-state index < -0.39 is 42.7 Å². The third kappa shape index (κ3) is 3.78. The summed E-state index contributed by atoms with van der Waals surface area (Å²) in [5.41, 5.74) is -1.11. The lowest BCUT2D eigenvalue weighted by Crippen LogP contribution is -2.18. The van der Waals surface area contributed by atoms with Gasteiger partial charge in [0.2, 0.25) is 10.0 Å². The number of rotatable bonds is 6. The topological polar surface area (TPSA) is 166 Å². The van der Waals surface area contributed by atoms with E-state index in [1.165, 1.54) is 13.0 Å². The maximum absolute atomic E-state index is 12.0. The highest BCUT2D eigenvalue weighted by Crippen LogP contribution is 2.39. The Hall–Kier alpha value is -3.05. The lowest BCUT2D eigenvalue weighted by atomic mass is 10.0. The van der Waals surface area contributed by atoms with Crippen LogP contribution in [0.5, 0.6) is 0 Å². The first kappa shape index (κ1) is 19.3. The van der Waals surface area contributed by atoms with Gasteiger partial charge in [0.15, 0.2) is 0 Å². The van der Waals surface area contributed by atoms with E-state index in [-0.39, 0.29) is 17.8 Å². The number of nitrogens with zero attached hydrogens (tertiary/aromatic N) is 2. The van der Waals surface area contributed by atoms with Crippen LogP contribution in [-0.4, -0.2) is 29.4 Å². The number of aryl methyl sites for hydroxylation is 1. The van der Waals surface area contributed by atoms with Crippen LogP contribution in [0.25, 0.3) is 0 Å². The molecule has 0 saturated heterocycles. The number of nitrogens with one attached hydrogen (secondary N) is 1. The standard InChI is InChI=1S/C15H16N4O6S/c1-3-9-10(15(20)21)7-11(26(16,24)25)13(14(9)19(22)23)18-12-6-4-5-8(2)17-12/h4-7H,3H2,1-2H3,(H,17,18)(H,20,21)(H2,16,24,25). The molecular weight excluding hydrogens is 364 g/mol. The zero-order valence-corrected chi connectivity index (χ0v) is 14.7. The minimum Gasteiger partial charge on any atom is -0.478 e. The van der Waals surface area contributed by atoms with E-state index in [0.717, 1.165) is 6.07 Å². The van der Waals surface area contributed by atoms with Gasteiger partial charge in [-0.05, 0) is 31.5 Å². The van der Waals surface area contributed by atoms with Gasteiger partial charge in [-0.3, -0.25) is 10.1 Å². The van der Waals surface area contributed by atoms with Gasteiger partial charge in [0.05, 0.1) is 10.5 Å². The van der Waals surface area contributed by atoms with Crippen molar-refractivity contribution in [1.82, 2.24) is 4.98 Å². The Labute approximate surface area is 148 Å². The second-order valence-electron chi connectivity index (χ2n) is 5.37. The molecule has 11 heteroatoms. The summed E-state index contributed by atoms with van der Waals surface area (Å²) in [5.74, 6) is -1.33. The van der Waals surface area contributed by atoms with Gasteiger partial charge >= 0.3 is 5.97 Å². The monoisotopic (exact) mass is 380 g/mol. The van der Waals surface area contributed by atoms with Crippen molar-refractivity contribution in [1.29, 1.82) is 0 Å². The highest BCUT2D eigenvalue weighted by atomic mass is 32.2. The number of anilines is 2. The second-order valence-corrected chi connectivity index (χ2v) is 6.90. The molecule has 0 aliphatic heterocycles. The van der Waals surface area contributed by atoms with E-state index in [1.807, 2.05) is 0 Å². The number of sulfonamides is 1. The van der Waals surface area contributed by atoms with Crippen LogP contribution in [0.2, 0.25) is 0 Å². The number of nitro benzene ring substituents is 1. The van der Waals surface area contributed by atoms with Gasteiger partial charge in [-0.15, -0.1) is 0 Å². The summed E-state index contributed by atoms with van der Waals surface area (Å²) < 4.78 is 23.9. The maximum Gasteiger partial charge on any atom is 0.336 e. The van der Waals surface area contributed by atoms with Crippen molar-refractivity contribution in [3.8, 4) is 0 Å². The average molecular weight is 380 g/mol. The average Bonchev–Trinajstić information content (AvgIpc) is 2.52. The van der Waals surface area contributed by atoms with Gasteiger partial charge in [0, 0.05) is 11.3 Å². The number of aromatic nitrogens is 1. The number of carboxylic acids is 1. The smallest absolute Gasteiger partial charge is 0.336 e. The molecule has 138 valence electrons. The molecule has 26 heavy (non-hydrogen) atoms. The number of nitro groups is 1. The number of pyridine rings is 1. The van der Waals surface area contributed by atoms with E-state index in [1.54, 1.807) is 19.1 Å². The van der Waals surface area contributed by atoms with Gasteiger partial charge in [-0.1, -0.05) is 13.0 Å². The van der Waals surface area contributed by atoms with Crippen molar-refractivity contribution in [2.45, 2.75) is 25.2 Å². The normalized spacial score (nSPS) is 11.2. The molecule has 0 aliphatic carbocycles. The molecule has 2 rings (SSSR count). The highest BCUT2D eigenvalue weighted by Gasteiger charge is 2.32. The first-order chi connectivity index (χ1) is 12.1. The SMILES string of the molecule is CCc1c(C(=O)O)cc(S(N)(=O)=O)c(Nc2cccc(C)n2)c1[N+](=O)[O-]. The van der Waals surface area contributed by atoms with Crippen molar-refractivity contribution in [2.24, 2.45) is 5.14 Å². The first-order valence-corrected chi connectivity index (χ1v) is 8.92. The lowest BCUT2D eigenvalue weighted by Gasteiger charge is -2.15. The summed E-state index contributed by atoms with van der Waals surface area (Å²) >= 11 is 0. The number of carboxylic acid groups (broad SMARTS) is 1. The van der Waals surface area contributed by atoms with Crippen LogP contribution in [0.3, 0.4) is 0 Å². The van der Waals surface area contributed by atoms with Gasteiger partial charge in [0.25, 0.3) is 5.69 Å². The Morgan fingerprint density at radius 2 is 2.08 bits per heavy atom. The summed E-state index contributed by atoms with van der Waals surface area (Å²) in [6, 6.07) is 5.62. The molecule has 0 spiro atoms. The summed E-state index contributed by atoms with van der Waals surface area (Å²) in [4.78, 5) is 25.7. The van der Waals surface area contributed by atoms with E-state index in [0.29, 0.717) is 5.69 Å². The Morgan fingerprint density at radius 3 is 2.54 bits per heavy atom. The second kappa shape index (κ2) is 7.06. The molecule has 4 N–H and O–H groups in total. The fraction of sp³-hybridized carbons (Fsp3) is 0.200. The maximum atomic E-state index is 12.0. The number of nitrogens with two attached hydrogens (primary N) is 1. The van der Waals surface area contributed by atoms with E-state index in [4.69, 9.17) is 5.14 Å². The van der Waals surface area contributed by atoms with Gasteiger partial charge in [0.1, 0.15) is 16.4 Å². The molecule has 0 saturated carbocycles. The van der Waals surface area contributed by atoms with Gasteiger partial charge in [-0.25, -0.2) is 23.3 Å². The molecule has 0 bridgehead atoms. The highest BCUT2D eigenvalue weighted by molar-refractivity contribution is 7.89. The fourth-order valence-electron chi connectivity index (χ4n) is 2.52. The van der Waals surface area contributed by atoms with Crippen LogP contribution in [0.15, 0.2) is 29.2 Å². The molecule has 1 aromatic heterocycles. The third-order valence-corrected chi connectivity index (χ3v) is 4.52. The van der Waals surface area contributed by atoms with Gasteiger partial charge in [-0.2, -0.15) is 0 Å². The molecule has 0 radical (unpaired) electrons. The molecule has 0 unspecified atom stereocenters. The lowest BCUT2D eigenvalue weighted by molar-refractivity contribution is -0.384. The van der Waals surface area contributed by atoms with E-state index in [2.05, 4.69) is 10.3 Å². The number of primary sulfonamides is 1. The number of benzene rings is 1. The van der Waals surface area contributed by atoms with Crippen molar-refractivity contribution in [3.05, 3.63) is 51.2 Å². The zero-order valence-electron chi connectivity index (χ0n) is 13.9. The molecule has 0 amide bonds. The van der Waals surface area contributed by atoms with E-state index >= 15 is 0 Å². The Bertz CT molecular complexity index is 1000. The predicted octanol–water partition coefficient (Wildman–Crippen LogP) is 1.95. The molecule has 0 fully saturated rings. The zero-order chi connectivity index (χ0) is 19.6. The van der Waals surface area contributed by atoms with Crippen LogP contribution in [0.4, 0.5) is 17.2 Å². The summed E-state index contributed by atoms with van der Waals surface area (Å²) in [7, 11) is -4.46. The van der Waals surface area contributed by atoms with Crippen LogP contribution >= 0.6 is 0 Å². The molecule has 1 aromatic carbocycles. The molecule has 0 atom stereocenters. The van der Waals surface area contributed by atoms with Crippen molar-refractivity contribution in [3.63, 3.8) is 0 Å². The molecule has 0 aliphatic rings. The summed E-state index contributed by atoms with van der Waals surface area (Å²) in [5, 5.41) is 28.7. The third-order valence-electron chi connectivity index (χ3n) is 3.58. The summed E-state index contributed by atoms with van der Waals surface area (Å²) in [6.07, 6.45) is -0.00122. The van der Waals surface area contributed by atoms with Crippen LogP contribution in [0.1, 0.15) is 28.5 Å². The molecule has 1 heterocycles. The Balaban J connectivity index is 2.90. The van der Waals surface area contributed by atoms with Crippen LogP contribution in [-0.2, 0) is 16.4 Å². The largest absolute Gasteiger partial charge is 0.478 e. The summed E-state index contributed by atoms with van der Waals surface area (Å²) in [6.45, 7) is 3.21. The quantitative estimate of drug-likeness (QED) is 0.505. The molecule has 10 nitrogen and oxygen atoms in total. The number of hydrogen-bond donors (Lipinski definition) is 3. The first-order valence-electron chi connectivity index (χ1n) is 7.37. The molecule has 2 aromatic rings.